The number of carbonyl (C=O) groups excluding carboxylic acids is 1. The summed E-state index contributed by atoms with van der Waals surface area (Å²) in [5, 5.41) is 4.34. The van der Waals surface area contributed by atoms with E-state index < -0.39 is 0 Å². The van der Waals surface area contributed by atoms with Crippen LogP contribution in [0.15, 0.2) is 47.6 Å². The van der Waals surface area contributed by atoms with Gasteiger partial charge in [-0.05, 0) is 36.7 Å². The fourth-order valence-corrected chi connectivity index (χ4v) is 3.43. The summed E-state index contributed by atoms with van der Waals surface area (Å²) in [7, 11) is 0. The molecule has 3 heteroatoms. The summed E-state index contributed by atoms with van der Waals surface area (Å²) in [4.78, 5) is 12.1. The average Bonchev–Trinajstić information content (AvgIpc) is 3.18. The van der Waals surface area contributed by atoms with Crippen LogP contribution in [-0.4, -0.2) is 11.6 Å². The van der Waals surface area contributed by atoms with Crippen LogP contribution in [0.25, 0.3) is 0 Å². The number of hydrogen-bond acceptors (Lipinski definition) is 2. The lowest BCUT2D eigenvalue weighted by Crippen LogP contribution is -2.35. The second-order valence-corrected chi connectivity index (χ2v) is 6.08. The first-order chi connectivity index (χ1) is 9.83. The molecule has 0 saturated heterocycles. The Morgan fingerprint density at radius 1 is 1.20 bits per heavy atom. The average molecular weight is 266 g/mol. The maximum Gasteiger partial charge on any atom is 0.243 e. The summed E-state index contributed by atoms with van der Waals surface area (Å²) in [6, 6.07) is 10.3. The van der Waals surface area contributed by atoms with Gasteiger partial charge in [-0.2, -0.15) is 5.10 Å². The summed E-state index contributed by atoms with van der Waals surface area (Å²) in [5.41, 5.74) is 5.22. The molecule has 3 nitrogen and oxygen atoms in total. The van der Waals surface area contributed by atoms with Gasteiger partial charge in [-0.15, -0.1) is 0 Å². The zero-order chi connectivity index (χ0) is 13.5. The molecule has 0 bridgehead atoms. The highest BCUT2D eigenvalue weighted by molar-refractivity contribution is 5.95. The molecule has 2 fully saturated rings. The number of benzene rings is 1. The SMILES string of the molecule is O=C(N/N=C1\C[C@@H]2C=CC[C@H]12)[C@H]1C[C@H]1c1ccccc1. The van der Waals surface area contributed by atoms with E-state index in [9.17, 15) is 4.79 Å². The highest BCUT2D eigenvalue weighted by Gasteiger charge is 2.44. The third kappa shape index (κ3) is 1.98. The molecule has 3 aliphatic carbocycles. The van der Waals surface area contributed by atoms with E-state index in [4.69, 9.17) is 0 Å². The summed E-state index contributed by atoms with van der Waals surface area (Å²) < 4.78 is 0. The smallest absolute Gasteiger partial charge is 0.243 e. The van der Waals surface area contributed by atoms with Gasteiger partial charge in [0.05, 0.1) is 0 Å². The molecule has 0 heterocycles. The summed E-state index contributed by atoms with van der Waals surface area (Å²) in [5.74, 6) is 1.84. The minimum absolute atomic E-state index is 0.0840. The number of amides is 1. The van der Waals surface area contributed by atoms with Crippen LogP contribution in [0.2, 0.25) is 0 Å². The number of carbonyl (C=O) groups is 1. The Labute approximate surface area is 118 Å². The Balaban J connectivity index is 1.33. The fraction of sp³-hybridized carbons (Fsp3) is 0.412. The number of allylic oxidation sites excluding steroid dienone is 2. The summed E-state index contributed by atoms with van der Waals surface area (Å²) >= 11 is 0. The van der Waals surface area contributed by atoms with Crippen LogP contribution in [0.5, 0.6) is 0 Å². The van der Waals surface area contributed by atoms with Gasteiger partial charge < -0.3 is 0 Å². The van der Waals surface area contributed by atoms with E-state index in [1.807, 2.05) is 18.2 Å². The molecule has 20 heavy (non-hydrogen) atoms. The van der Waals surface area contributed by atoms with Crippen molar-refractivity contribution >= 4 is 11.6 Å². The molecule has 4 atom stereocenters. The molecule has 4 rings (SSSR count). The normalized spacial score (nSPS) is 35.5. The van der Waals surface area contributed by atoms with Crippen LogP contribution in [-0.2, 0) is 4.79 Å². The Bertz CT molecular complexity index is 590. The summed E-state index contributed by atoms with van der Waals surface area (Å²) in [6.45, 7) is 0. The van der Waals surface area contributed by atoms with E-state index in [0.29, 0.717) is 17.8 Å². The first kappa shape index (κ1) is 11.9. The predicted octanol–water partition coefficient (Wildman–Crippen LogP) is 2.86. The monoisotopic (exact) mass is 266 g/mol. The maximum atomic E-state index is 12.1. The molecule has 0 aromatic heterocycles. The second-order valence-electron chi connectivity index (χ2n) is 6.08. The van der Waals surface area contributed by atoms with Crippen molar-refractivity contribution in [1.29, 1.82) is 0 Å². The molecule has 0 aliphatic heterocycles. The van der Waals surface area contributed by atoms with Gasteiger partial charge >= 0.3 is 0 Å². The van der Waals surface area contributed by atoms with Crippen molar-refractivity contribution in [3.05, 3.63) is 48.0 Å². The molecule has 1 N–H and O–H groups in total. The molecule has 0 unspecified atom stereocenters. The van der Waals surface area contributed by atoms with Crippen molar-refractivity contribution < 1.29 is 4.79 Å². The quantitative estimate of drug-likeness (QED) is 0.663. The van der Waals surface area contributed by atoms with Gasteiger partial charge in [0, 0.05) is 17.5 Å². The molecular weight excluding hydrogens is 248 g/mol. The number of nitrogens with zero attached hydrogens (tertiary/aromatic N) is 1. The van der Waals surface area contributed by atoms with Gasteiger partial charge in [-0.25, -0.2) is 5.43 Å². The van der Waals surface area contributed by atoms with Gasteiger partial charge in [-0.1, -0.05) is 42.5 Å². The van der Waals surface area contributed by atoms with Crippen LogP contribution >= 0.6 is 0 Å². The fourth-order valence-electron chi connectivity index (χ4n) is 3.43. The Hall–Kier alpha value is -1.90. The molecule has 3 aliphatic rings. The van der Waals surface area contributed by atoms with Crippen molar-refractivity contribution in [2.24, 2.45) is 22.9 Å². The van der Waals surface area contributed by atoms with E-state index in [-0.39, 0.29) is 11.8 Å². The zero-order valence-electron chi connectivity index (χ0n) is 11.3. The lowest BCUT2D eigenvalue weighted by Gasteiger charge is -2.31. The lowest BCUT2D eigenvalue weighted by atomic mass is 9.74. The van der Waals surface area contributed by atoms with Gasteiger partial charge in [0.1, 0.15) is 0 Å². The maximum absolute atomic E-state index is 12.1. The number of hydrazone groups is 1. The van der Waals surface area contributed by atoms with E-state index in [0.717, 1.165) is 19.3 Å². The highest BCUT2D eigenvalue weighted by atomic mass is 16.2. The second kappa shape index (κ2) is 4.58. The molecule has 2 saturated carbocycles. The van der Waals surface area contributed by atoms with Crippen molar-refractivity contribution in [2.45, 2.75) is 25.2 Å². The predicted molar refractivity (Wildman–Crippen MR) is 78.2 cm³/mol. The zero-order valence-corrected chi connectivity index (χ0v) is 11.3. The first-order valence-electron chi connectivity index (χ1n) is 7.41. The topological polar surface area (TPSA) is 41.5 Å². The van der Waals surface area contributed by atoms with Crippen molar-refractivity contribution in [1.82, 2.24) is 5.43 Å². The van der Waals surface area contributed by atoms with E-state index in [2.05, 4.69) is 34.8 Å². The van der Waals surface area contributed by atoms with Crippen LogP contribution in [0.4, 0.5) is 0 Å². The minimum atomic E-state index is 0.0840. The van der Waals surface area contributed by atoms with Gasteiger partial charge in [0.25, 0.3) is 0 Å². The number of rotatable bonds is 3. The molecule has 1 amide bonds. The molecule has 0 spiro atoms. The van der Waals surface area contributed by atoms with Crippen LogP contribution < -0.4 is 5.43 Å². The van der Waals surface area contributed by atoms with Gasteiger partial charge in [0.2, 0.25) is 5.91 Å². The van der Waals surface area contributed by atoms with Crippen LogP contribution in [0.3, 0.4) is 0 Å². The third-order valence-corrected chi connectivity index (χ3v) is 4.83. The number of hydrogen-bond donors (Lipinski definition) is 1. The van der Waals surface area contributed by atoms with E-state index in [1.165, 1.54) is 11.3 Å². The Morgan fingerprint density at radius 3 is 2.85 bits per heavy atom. The van der Waals surface area contributed by atoms with Crippen molar-refractivity contribution in [3.63, 3.8) is 0 Å². The third-order valence-electron chi connectivity index (χ3n) is 4.83. The van der Waals surface area contributed by atoms with Gasteiger partial charge in [0.15, 0.2) is 0 Å². The number of nitrogens with one attached hydrogen (secondary N) is 1. The van der Waals surface area contributed by atoms with E-state index in [1.54, 1.807) is 0 Å². The molecule has 102 valence electrons. The van der Waals surface area contributed by atoms with Crippen molar-refractivity contribution in [2.75, 3.05) is 0 Å². The Kier molecular flexibility index (Phi) is 2.72. The summed E-state index contributed by atoms with van der Waals surface area (Å²) in [6.07, 6.45) is 7.57. The van der Waals surface area contributed by atoms with Gasteiger partial charge in [-0.3, -0.25) is 4.79 Å². The molecule has 0 radical (unpaired) electrons. The first-order valence-corrected chi connectivity index (χ1v) is 7.41. The molecular formula is C17H18N2O. The molecule has 1 aromatic carbocycles. The molecule has 1 aromatic rings. The highest BCUT2D eigenvalue weighted by Crippen LogP contribution is 2.47. The largest absolute Gasteiger partial charge is 0.273 e. The van der Waals surface area contributed by atoms with E-state index >= 15 is 0 Å². The van der Waals surface area contributed by atoms with Crippen LogP contribution in [0, 0.1) is 17.8 Å². The standard InChI is InChI=1S/C17H18N2O/c20-17(15-10-14(15)11-5-2-1-3-6-11)19-18-16-9-12-7-4-8-13(12)16/h1-7,12-15H,8-10H2,(H,19,20)/b18-16+/t12-,13-,14-,15-/m0/s1. The van der Waals surface area contributed by atoms with Crippen molar-refractivity contribution in [3.8, 4) is 0 Å². The lowest BCUT2D eigenvalue weighted by molar-refractivity contribution is -0.122. The van der Waals surface area contributed by atoms with Crippen LogP contribution in [0.1, 0.15) is 30.7 Å². The Morgan fingerprint density at radius 2 is 2.05 bits per heavy atom. The minimum Gasteiger partial charge on any atom is -0.273 e. The number of fused-ring (bicyclic) bond motifs is 1.